The molecule has 1 heterocycles. The second kappa shape index (κ2) is 8.04. The van der Waals surface area contributed by atoms with Crippen molar-refractivity contribution in [2.75, 3.05) is 17.3 Å². The monoisotopic (exact) mass is 373 g/mol. The summed E-state index contributed by atoms with van der Waals surface area (Å²) in [6, 6.07) is 7.31. The Morgan fingerprint density at radius 1 is 1.48 bits per heavy atom. The number of hydrazone groups is 1. The zero-order chi connectivity index (χ0) is 17.0. The summed E-state index contributed by atoms with van der Waals surface area (Å²) < 4.78 is 0. The number of benzene rings is 1. The molecule has 1 aromatic rings. The van der Waals surface area contributed by atoms with Gasteiger partial charge in [-0.05, 0) is 17.7 Å². The number of hydrogen-bond donors (Lipinski definition) is 2. The van der Waals surface area contributed by atoms with E-state index in [0.717, 1.165) is 11.3 Å². The van der Waals surface area contributed by atoms with E-state index in [9.17, 15) is 9.59 Å². The number of thiol groups is 1. The number of carbonyl (C=O) groups excluding carboxylic acids is 2. The summed E-state index contributed by atoms with van der Waals surface area (Å²) in [6.45, 7) is 2.23. The fourth-order valence-corrected chi connectivity index (χ4v) is 2.79. The summed E-state index contributed by atoms with van der Waals surface area (Å²) >= 11 is 15.6. The minimum absolute atomic E-state index is 0.0423. The second-order valence-corrected chi connectivity index (χ2v) is 6.64. The van der Waals surface area contributed by atoms with E-state index in [2.05, 4.69) is 23.2 Å². The summed E-state index contributed by atoms with van der Waals surface area (Å²) in [6.07, 6.45) is 0.408. The highest BCUT2D eigenvalue weighted by Crippen LogP contribution is 2.22. The van der Waals surface area contributed by atoms with Crippen LogP contribution in [0.25, 0.3) is 0 Å². The Morgan fingerprint density at radius 2 is 2.13 bits per heavy atom. The Kier molecular flexibility index (Phi) is 6.33. The number of halogens is 2. The predicted molar refractivity (Wildman–Crippen MR) is 97.0 cm³/mol. The van der Waals surface area contributed by atoms with Crippen molar-refractivity contribution in [3.8, 4) is 0 Å². The summed E-state index contributed by atoms with van der Waals surface area (Å²) in [7, 11) is 0. The SMILES string of the molecule is CC1CC(=O)NN=C1c1ccc(N(CC(Cl)CCl)C(=O)S)cc1. The van der Waals surface area contributed by atoms with Crippen molar-refractivity contribution in [3.05, 3.63) is 29.8 Å². The van der Waals surface area contributed by atoms with Gasteiger partial charge in [0.1, 0.15) is 0 Å². The molecule has 1 aromatic carbocycles. The van der Waals surface area contributed by atoms with Gasteiger partial charge >= 0.3 is 0 Å². The normalized spacial score (nSPS) is 18.9. The average molecular weight is 374 g/mol. The van der Waals surface area contributed by atoms with E-state index in [-0.39, 0.29) is 29.6 Å². The molecule has 1 aliphatic rings. The van der Waals surface area contributed by atoms with Crippen molar-refractivity contribution < 1.29 is 9.59 Å². The van der Waals surface area contributed by atoms with E-state index in [0.29, 0.717) is 12.1 Å². The highest BCUT2D eigenvalue weighted by Gasteiger charge is 2.22. The summed E-state index contributed by atoms with van der Waals surface area (Å²) in [5, 5.41) is 3.36. The minimum Gasteiger partial charge on any atom is -0.302 e. The lowest BCUT2D eigenvalue weighted by atomic mass is 9.94. The van der Waals surface area contributed by atoms with E-state index in [1.165, 1.54) is 4.90 Å². The maximum atomic E-state index is 11.7. The molecule has 0 spiro atoms. The van der Waals surface area contributed by atoms with Crippen LogP contribution in [0.15, 0.2) is 29.4 Å². The van der Waals surface area contributed by atoms with E-state index in [1.54, 1.807) is 12.1 Å². The van der Waals surface area contributed by atoms with Crippen LogP contribution in [0.5, 0.6) is 0 Å². The van der Waals surface area contributed by atoms with Crippen LogP contribution in [-0.4, -0.2) is 34.7 Å². The fraction of sp³-hybridized carbons (Fsp3) is 0.400. The summed E-state index contributed by atoms with van der Waals surface area (Å²) in [5.74, 6) is 0.199. The van der Waals surface area contributed by atoms with Crippen molar-refractivity contribution in [2.45, 2.75) is 18.7 Å². The Hall–Kier alpha value is -1.24. The molecule has 2 amide bonds. The molecule has 124 valence electrons. The molecule has 0 saturated carbocycles. The smallest absolute Gasteiger partial charge is 0.283 e. The molecule has 8 heteroatoms. The molecule has 2 atom stereocenters. The van der Waals surface area contributed by atoms with Crippen LogP contribution < -0.4 is 10.3 Å². The van der Waals surface area contributed by atoms with Crippen LogP contribution >= 0.6 is 35.8 Å². The minimum atomic E-state index is -0.399. The van der Waals surface area contributed by atoms with Gasteiger partial charge in [-0.3, -0.25) is 9.59 Å². The van der Waals surface area contributed by atoms with Gasteiger partial charge < -0.3 is 4.90 Å². The molecule has 23 heavy (non-hydrogen) atoms. The molecule has 2 rings (SSSR count). The average Bonchev–Trinajstić information content (AvgIpc) is 2.52. The molecule has 1 N–H and O–H groups in total. The first-order chi connectivity index (χ1) is 10.9. The molecular formula is C15H17Cl2N3O2S. The van der Waals surface area contributed by atoms with Crippen molar-refractivity contribution in [1.82, 2.24) is 5.43 Å². The molecule has 0 bridgehead atoms. The zero-order valence-electron chi connectivity index (χ0n) is 12.5. The second-order valence-electron chi connectivity index (χ2n) is 5.33. The van der Waals surface area contributed by atoms with Crippen molar-refractivity contribution in [3.63, 3.8) is 0 Å². The van der Waals surface area contributed by atoms with E-state index >= 15 is 0 Å². The third kappa shape index (κ3) is 4.62. The highest BCUT2D eigenvalue weighted by atomic mass is 35.5. The quantitative estimate of drug-likeness (QED) is 0.614. The number of nitrogens with zero attached hydrogens (tertiary/aromatic N) is 2. The van der Waals surface area contributed by atoms with Gasteiger partial charge in [0.2, 0.25) is 5.91 Å². The summed E-state index contributed by atoms with van der Waals surface area (Å²) in [5.41, 5.74) is 4.88. The van der Waals surface area contributed by atoms with Gasteiger partial charge in [-0.25, -0.2) is 5.43 Å². The molecule has 2 unspecified atom stereocenters. The van der Waals surface area contributed by atoms with Gasteiger partial charge in [0.25, 0.3) is 5.24 Å². The molecule has 1 aliphatic heterocycles. The van der Waals surface area contributed by atoms with Crippen molar-refractivity contribution >= 4 is 58.4 Å². The van der Waals surface area contributed by atoms with Gasteiger partial charge in [-0.1, -0.05) is 31.7 Å². The number of carbonyl (C=O) groups is 2. The highest BCUT2D eigenvalue weighted by molar-refractivity contribution is 7.96. The van der Waals surface area contributed by atoms with Gasteiger partial charge in [-0.2, -0.15) is 5.10 Å². The third-order valence-electron chi connectivity index (χ3n) is 3.51. The molecule has 5 nitrogen and oxygen atoms in total. The lowest BCUT2D eigenvalue weighted by molar-refractivity contribution is -0.121. The Balaban J connectivity index is 2.20. The van der Waals surface area contributed by atoms with Gasteiger partial charge in [0.05, 0.1) is 11.1 Å². The molecule has 0 aromatic heterocycles. The van der Waals surface area contributed by atoms with Crippen LogP contribution in [0.1, 0.15) is 18.9 Å². The number of nitrogens with one attached hydrogen (secondary N) is 1. The first kappa shape index (κ1) is 18.1. The van der Waals surface area contributed by atoms with Crippen LogP contribution in [-0.2, 0) is 4.79 Å². The maximum absolute atomic E-state index is 11.7. The largest absolute Gasteiger partial charge is 0.302 e. The van der Waals surface area contributed by atoms with Crippen LogP contribution in [0.3, 0.4) is 0 Å². The summed E-state index contributed by atoms with van der Waals surface area (Å²) in [4.78, 5) is 24.5. The molecule has 0 radical (unpaired) electrons. The van der Waals surface area contributed by atoms with Crippen molar-refractivity contribution in [2.24, 2.45) is 11.0 Å². The number of anilines is 1. The lowest BCUT2D eigenvalue weighted by Gasteiger charge is -2.23. The van der Waals surface area contributed by atoms with Crippen LogP contribution in [0, 0.1) is 5.92 Å². The first-order valence-electron chi connectivity index (χ1n) is 7.09. The topological polar surface area (TPSA) is 61.8 Å². The molecule has 0 aliphatic carbocycles. The van der Waals surface area contributed by atoms with E-state index in [4.69, 9.17) is 23.2 Å². The van der Waals surface area contributed by atoms with Crippen LogP contribution in [0.2, 0.25) is 0 Å². The predicted octanol–water partition coefficient (Wildman–Crippen LogP) is 3.25. The lowest BCUT2D eigenvalue weighted by Crippen LogP contribution is -2.33. The third-order valence-corrected chi connectivity index (χ3v) is 4.58. The van der Waals surface area contributed by atoms with Gasteiger partial charge in [-0.15, -0.1) is 23.2 Å². The Morgan fingerprint density at radius 3 is 2.65 bits per heavy atom. The van der Waals surface area contributed by atoms with Crippen molar-refractivity contribution in [1.29, 1.82) is 0 Å². The molecular weight excluding hydrogens is 357 g/mol. The number of amides is 2. The fourth-order valence-electron chi connectivity index (χ4n) is 2.36. The van der Waals surface area contributed by atoms with E-state index < -0.39 is 5.24 Å². The number of hydrogen-bond acceptors (Lipinski definition) is 3. The van der Waals surface area contributed by atoms with Gasteiger partial charge in [0, 0.05) is 30.5 Å². The van der Waals surface area contributed by atoms with E-state index in [1.807, 2.05) is 19.1 Å². The maximum Gasteiger partial charge on any atom is 0.283 e. The Labute approximate surface area is 150 Å². The van der Waals surface area contributed by atoms with Crippen LogP contribution in [0.4, 0.5) is 10.5 Å². The standard InChI is InChI=1S/C15H17Cl2N3O2S/c1-9-6-13(21)18-19-14(9)10-2-4-12(5-3-10)20(15(22)23)8-11(17)7-16/h2-5,9,11H,6-8H2,1H3,(H,18,21)(H,22,23). The number of rotatable bonds is 5. The van der Waals surface area contributed by atoms with Gasteiger partial charge in [0.15, 0.2) is 0 Å². The zero-order valence-corrected chi connectivity index (χ0v) is 14.9. The molecule has 0 saturated heterocycles. The first-order valence-corrected chi connectivity index (χ1v) is 8.51. The Bertz CT molecular complexity index is 622. The number of alkyl halides is 2. The molecule has 0 fully saturated rings.